The monoisotopic (exact) mass is 326 g/mol. The Hall–Kier alpha value is -1.40. The van der Waals surface area contributed by atoms with Crippen LogP contribution >= 0.6 is 27.3 Å². The van der Waals surface area contributed by atoms with Crippen molar-refractivity contribution >= 4 is 38.6 Å². The van der Waals surface area contributed by atoms with Gasteiger partial charge in [0.15, 0.2) is 0 Å². The van der Waals surface area contributed by atoms with Gasteiger partial charge in [-0.05, 0) is 40.4 Å². The Morgan fingerprint density at radius 1 is 1.39 bits per heavy atom. The minimum atomic E-state index is -0.376. The van der Waals surface area contributed by atoms with Gasteiger partial charge in [-0.2, -0.15) is 0 Å². The van der Waals surface area contributed by atoms with Gasteiger partial charge >= 0.3 is 0 Å². The minimum absolute atomic E-state index is 0.0143. The molecule has 0 bridgehead atoms. The van der Waals surface area contributed by atoms with Crippen LogP contribution < -0.4 is 5.32 Å². The molecule has 18 heavy (non-hydrogen) atoms. The number of nitrogens with zero attached hydrogens (tertiary/aromatic N) is 1. The third kappa shape index (κ3) is 2.70. The molecule has 1 aromatic carbocycles. The highest BCUT2D eigenvalue weighted by Crippen LogP contribution is 2.33. The quantitative estimate of drug-likeness (QED) is 0.660. The smallest absolute Gasteiger partial charge is 0.292 e. The molecule has 2 aromatic rings. The molecule has 2 rings (SSSR count). The molecule has 0 amide bonds. The van der Waals surface area contributed by atoms with E-state index < -0.39 is 0 Å². The molecule has 0 radical (unpaired) electrons. The molecule has 0 aliphatic rings. The summed E-state index contributed by atoms with van der Waals surface area (Å²) < 4.78 is 1.02. The van der Waals surface area contributed by atoms with E-state index in [1.54, 1.807) is 29.5 Å². The lowest BCUT2D eigenvalue weighted by Gasteiger charge is -2.14. The van der Waals surface area contributed by atoms with Crippen molar-refractivity contribution in [1.29, 1.82) is 0 Å². The maximum atomic E-state index is 10.9. The molecule has 1 N–H and O–H groups in total. The van der Waals surface area contributed by atoms with E-state index in [9.17, 15) is 10.1 Å². The first-order valence-corrected chi connectivity index (χ1v) is 6.99. The average Bonchev–Trinajstić information content (AvgIpc) is 2.76. The van der Waals surface area contributed by atoms with E-state index in [2.05, 4.69) is 21.2 Å². The summed E-state index contributed by atoms with van der Waals surface area (Å²) in [6.45, 7) is 1.98. The third-order valence-electron chi connectivity index (χ3n) is 2.51. The Bertz CT molecular complexity index is 571. The van der Waals surface area contributed by atoms with Crippen LogP contribution in [0.15, 0.2) is 40.2 Å². The van der Waals surface area contributed by atoms with Gasteiger partial charge in [0.05, 0.1) is 11.0 Å². The van der Waals surface area contributed by atoms with Crippen LogP contribution in [0.1, 0.15) is 17.8 Å². The van der Waals surface area contributed by atoms with Crippen molar-refractivity contribution in [3.8, 4) is 0 Å². The minimum Gasteiger partial charge on any atom is -0.372 e. The van der Waals surface area contributed by atoms with Crippen LogP contribution in [-0.4, -0.2) is 4.92 Å². The van der Waals surface area contributed by atoms with Gasteiger partial charge in [0.1, 0.15) is 5.69 Å². The fourth-order valence-corrected chi connectivity index (χ4v) is 3.39. The Morgan fingerprint density at radius 2 is 2.11 bits per heavy atom. The Kier molecular flexibility index (Phi) is 3.98. The predicted molar refractivity (Wildman–Crippen MR) is 77.2 cm³/mol. The highest BCUT2D eigenvalue weighted by Gasteiger charge is 2.16. The number of nitro benzene ring substituents is 1. The number of nitro groups is 1. The topological polar surface area (TPSA) is 55.2 Å². The van der Waals surface area contributed by atoms with Gasteiger partial charge in [-0.3, -0.25) is 10.1 Å². The second kappa shape index (κ2) is 5.49. The van der Waals surface area contributed by atoms with E-state index in [-0.39, 0.29) is 16.7 Å². The summed E-state index contributed by atoms with van der Waals surface area (Å²) in [7, 11) is 0. The van der Waals surface area contributed by atoms with Crippen molar-refractivity contribution < 1.29 is 4.92 Å². The summed E-state index contributed by atoms with van der Waals surface area (Å²) in [6, 6.07) is 8.65. The molecule has 1 aromatic heterocycles. The Morgan fingerprint density at radius 3 is 2.72 bits per heavy atom. The highest BCUT2D eigenvalue weighted by atomic mass is 79.9. The summed E-state index contributed by atoms with van der Waals surface area (Å²) in [6.07, 6.45) is 0. The molecule has 0 fully saturated rings. The number of thiophene rings is 1. The molecule has 0 saturated heterocycles. The van der Waals surface area contributed by atoms with Gasteiger partial charge in [-0.1, -0.05) is 12.1 Å². The van der Waals surface area contributed by atoms with Gasteiger partial charge < -0.3 is 5.32 Å². The van der Waals surface area contributed by atoms with Crippen molar-refractivity contribution in [1.82, 2.24) is 0 Å². The van der Waals surface area contributed by atoms with E-state index in [0.717, 1.165) is 9.35 Å². The zero-order valence-electron chi connectivity index (χ0n) is 9.59. The van der Waals surface area contributed by atoms with Crippen LogP contribution in [0.3, 0.4) is 0 Å². The van der Waals surface area contributed by atoms with Crippen LogP contribution in [0.5, 0.6) is 0 Å². The summed E-state index contributed by atoms with van der Waals surface area (Å²) in [5.41, 5.74) is 0.632. The second-order valence-corrected chi connectivity index (χ2v) is 5.58. The first-order chi connectivity index (χ1) is 8.59. The van der Waals surface area contributed by atoms with Crippen molar-refractivity contribution in [2.75, 3.05) is 5.32 Å². The van der Waals surface area contributed by atoms with E-state index >= 15 is 0 Å². The first kappa shape index (κ1) is 13.0. The van der Waals surface area contributed by atoms with Crippen LogP contribution in [0.2, 0.25) is 0 Å². The van der Waals surface area contributed by atoms with Crippen LogP contribution in [0.25, 0.3) is 0 Å². The fourth-order valence-electron chi connectivity index (χ4n) is 1.67. The van der Waals surface area contributed by atoms with Gasteiger partial charge in [0.2, 0.25) is 0 Å². The molecular formula is C12H11BrN2O2S. The second-order valence-electron chi connectivity index (χ2n) is 3.77. The van der Waals surface area contributed by atoms with E-state index in [1.165, 1.54) is 6.07 Å². The summed E-state index contributed by atoms with van der Waals surface area (Å²) in [5.74, 6) is 0. The first-order valence-electron chi connectivity index (χ1n) is 5.32. The van der Waals surface area contributed by atoms with Crippen molar-refractivity contribution in [3.05, 3.63) is 55.2 Å². The largest absolute Gasteiger partial charge is 0.372 e. The summed E-state index contributed by atoms with van der Waals surface area (Å²) in [4.78, 5) is 11.7. The number of hydrogen-bond donors (Lipinski definition) is 1. The number of halogens is 1. The van der Waals surface area contributed by atoms with Crippen molar-refractivity contribution in [3.63, 3.8) is 0 Å². The standard InChI is InChI=1S/C12H11BrN2O2S/c1-8(12-9(13)6-7-18-12)14-10-4-2-3-5-11(10)15(16)17/h2-8,14H,1H3. The lowest BCUT2D eigenvalue weighted by atomic mass is 10.2. The van der Waals surface area contributed by atoms with E-state index in [4.69, 9.17) is 0 Å². The SMILES string of the molecule is CC(Nc1ccccc1[N+](=O)[O-])c1sccc1Br. The normalized spacial score (nSPS) is 12.1. The van der Waals surface area contributed by atoms with Gasteiger partial charge in [0, 0.05) is 15.4 Å². The number of hydrogen-bond acceptors (Lipinski definition) is 4. The highest BCUT2D eigenvalue weighted by molar-refractivity contribution is 9.10. The maximum absolute atomic E-state index is 10.9. The molecule has 1 heterocycles. The molecule has 4 nitrogen and oxygen atoms in total. The third-order valence-corrected chi connectivity index (χ3v) is 4.56. The molecule has 1 unspecified atom stereocenters. The van der Waals surface area contributed by atoms with E-state index in [0.29, 0.717) is 5.69 Å². The molecule has 0 saturated carbocycles. The molecule has 6 heteroatoms. The van der Waals surface area contributed by atoms with Gasteiger partial charge in [-0.25, -0.2) is 0 Å². The van der Waals surface area contributed by atoms with Crippen LogP contribution in [0.4, 0.5) is 11.4 Å². The van der Waals surface area contributed by atoms with Gasteiger partial charge in [-0.15, -0.1) is 11.3 Å². The maximum Gasteiger partial charge on any atom is 0.292 e. The Balaban J connectivity index is 2.25. The fraction of sp³-hybridized carbons (Fsp3) is 0.167. The number of nitrogens with one attached hydrogen (secondary N) is 1. The molecule has 0 aliphatic carbocycles. The van der Waals surface area contributed by atoms with Crippen molar-refractivity contribution in [2.45, 2.75) is 13.0 Å². The Labute approximate surface area is 117 Å². The van der Waals surface area contributed by atoms with Crippen LogP contribution in [0, 0.1) is 10.1 Å². The number of benzene rings is 1. The molecule has 0 spiro atoms. The van der Waals surface area contributed by atoms with Crippen molar-refractivity contribution in [2.24, 2.45) is 0 Å². The molecular weight excluding hydrogens is 316 g/mol. The summed E-state index contributed by atoms with van der Waals surface area (Å²) in [5, 5.41) is 16.1. The number of anilines is 1. The van der Waals surface area contributed by atoms with Gasteiger partial charge in [0.25, 0.3) is 5.69 Å². The van der Waals surface area contributed by atoms with Crippen LogP contribution in [-0.2, 0) is 0 Å². The lowest BCUT2D eigenvalue weighted by molar-refractivity contribution is -0.384. The number of rotatable bonds is 4. The zero-order valence-corrected chi connectivity index (χ0v) is 12.0. The van der Waals surface area contributed by atoms with E-state index in [1.807, 2.05) is 18.4 Å². The molecule has 1 atom stereocenters. The zero-order chi connectivity index (χ0) is 13.1. The number of para-hydroxylation sites is 2. The predicted octanol–water partition coefficient (Wildman–Crippen LogP) is 4.59. The molecule has 94 valence electrons. The molecule has 0 aliphatic heterocycles. The summed E-state index contributed by atoms with van der Waals surface area (Å²) >= 11 is 5.08. The lowest BCUT2D eigenvalue weighted by Crippen LogP contribution is -2.07. The average molecular weight is 327 g/mol.